The predicted octanol–water partition coefficient (Wildman–Crippen LogP) is 4.85. The van der Waals surface area contributed by atoms with Gasteiger partial charge in [-0.25, -0.2) is 8.42 Å². The van der Waals surface area contributed by atoms with Crippen LogP contribution in [0.3, 0.4) is 0 Å². The fourth-order valence-corrected chi connectivity index (χ4v) is 3.56. The van der Waals surface area contributed by atoms with Crippen LogP contribution in [-0.4, -0.2) is 13.4 Å². The molecule has 0 bridgehead atoms. The molecule has 0 amide bonds. The molecule has 5 heteroatoms. The van der Waals surface area contributed by atoms with Crippen LogP contribution in [-0.2, 0) is 16.5 Å². The number of thiol groups is 1. The molecule has 2 aromatic carbocycles. The van der Waals surface area contributed by atoms with Crippen molar-refractivity contribution in [3.63, 3.8) is 0 Å². The number of aromatic nitrogens is 1. The van der Waals surface area contributed by atoms with Crippen molar-refractivity contribution in [2.45, 2.75) is 12.7 Å². The number of hydrogen-bond acceptors (Lipinski definition) is 3. The summed E-state index contributed by atoms with van der Waals surface area (Å²) in [5, 5.41) is 0. The van der Waals surface area contributed by atoms with Crippen molar-refractivity contribution in [2.24, 2.45) is 0 Å². The van der Waals surface area contributed by atoms with Gasteiger partial charge in [-0.15, -0.1) is 0 Å². The first-order chi connectivity index (χ1) is 12.5. The van der Waals surface area contributed by atoms with E-state index in [9.17, 15) is 8.42 Å². The highest BCUT2D eigenvalue weighted by atomic mass is 79.9. The Morgan fingerprint density at radius 2 is 1.85 bits per heavy atom. The number of rotatable bonds is 5. The molecule has 1 heterocycles. The maximum absolute atomic E-state index is 10.9. The van der Waals surface area contributed by atoms with E-state index in [4.69, 9.17) is 0 Å². The summed E-state index contributed by atoms with van der Waals surface area (Å²) in [6.45, 7) is 2.01. The van der Waals surface area contributed by atoms with Crippen LogP contribution in [0.1, 0.15) is 27.9 Å². The van der Waals surface area contributed by atoms with Gasteiger partial charge < -0.3 is 0 Å². The molecule has 0 aliphatic carbocycles. The molecule has 0 aliphatic rings. The van der Waals surface area contributed by atoms with E-state index in [2.05, 4.69) is 27.0 Å². The molecule has 0 radical (unpaired) electrons. The summed E-state index contributed by atoms with van der Waals surface area (Å²) in [7, 11) is -2.42. The standard InChI is InChI=1S/C21H18BrNO2S/c1-15-5-10-21(23-13-15)20(12-17-3-2-4-19(22)11-17)18-8-6-16(7-9-18)14-26(24)25/h2-13,26H,14H2,1H3. The lowest BCUT2D eigenvalue weighted by molar-refractivity contribution is 0.614. The highest BCUT2D eigenvalue weighted by molar-refractivity contribution is 9.10. The molecule has 3 nitrogen and oxygen atoms in total. The minimum absolute atomic E-state index is 0.0586. The minimum Gasteiger partial charge on any atom is -0.256 e. The first-order valence-electron chi connectivity index (χ1n) is 8.13. The molecule has 0 atom stereocenters. The highest BCUT2D eigenvalue weighted by Gasteiger charge is 2.08. The van der Waals surface area contributed by atoms with Crippen molar-refractivity contribution in [1.29, 1.82) is 0 Å². The van der Waals surface area contributed by atoms with E-state index < -0.39 is 10.7 Å². The SMILES string of the molecule is Cc1ccc(C(=Cc2cccc(Br)c2)c2ccc(C[SH](=O)=O)cc2)nc1. The third-order valence-electron chi connectivity index (χ3n) is 3.92. The van der Waals surface area contributed by atoms with Gasteiger partial charge in [0.15, 0.2) is 0 Å². The zero-order valence-corrected chi connectivity index (χ0v) is 16.7. The lowest BCUT2D eigenvalue weighted by atomic mass is 9.98. The average Bonchev–Trinajstić information content (AvgIpc) is 2.61. The third-order valence-corrected chi connectivity index (χ3v) is 5.04. The molecular weight excluding hydrogens is 410 g/mol. The summed E-state index contributed by atoms with van der Waals surface area (Å²) in [6.07, 6.45) is 3.94. The summed E-state index contributed by atoms with van der Waals surface area (Å²) >= 11 is 3.50. The quantitative estimate of drug-likeness (QED) is 0.467. The van der Waals surface area contributed by atoms with Crippen LogP contribution in [0.2, 0.25) is 0 Å². The van der Waals surface area contributed by atoms with Gasteiger partial charge in [-0.2, -0.15) is 0 Å². The summed E-state index contributed by atoms with van der Waals surface area (Å²) in [6, 6.07) is 19.7. The van der Waals surface area contributed by atoms with Crippen LogP contribution in [0.15, 0.2) is 71.3 Å². The molecule has 3 aromatic rings. The molecule has 0 fully saturated rings. The molecule has 1 aromatic heterocycles. The molecule has 0 aliphatic heterocycles. The molecule has 0 saturated heterocycles. The molecule has 132 valence electrons. The van der Waals surface area contributed by atoms with Crippen molar-refractivity contribution >= 4 is 38.3 Å². The van der Waals surface area contributed by atoms with E-state index >= 15 is 0 Å². The van der Waals surface area contributed by atoms with Crippen LogP contribution >= 0.6 is 15.9 Å². The molecule has 3 rings (SSSR count). The van der Waals surface area contributed by atoms with Crippen LogP contribution < -0.4 is 0 Å². The summed E-state index contributed by atoms with van der Waals surface area (Å²) in [4.78, 5) is 4.57. The maximum atomic E-state index is 10.9. The predicted molar refractivity (Wildman–Crippen MR) is 111 cm³/mol. The molecule has 0 saturated carbocycles. The Hall–Kier alpha value is -2.24. The molecule has 0 spiro atoms. The van der Waals surface area contributed by atoms with E-state index in [0.717, 1.165) is 38.0 Å². The van der Waals surface area contributed by atoms with Crippen LogP contribution in [0.25, 0.3) is 11.6 Å². The smallest absolute Gasteiger partial charge is 0.144 e. The number of benzene rings is 2. The average molecular weight is 428 g/mol. The molecule has 0 N–H and O–H groups in total. The molecule has 26 heavy (non-hydrogen) atoms. The van der Waals surface area contributed by atoms with Gasteiger partial charge in [0.1, 0.15) is 10.7 Å². The lowest BCUT2D eigenvalue weighted by Gasteiger charge is -2.10. The Labute approximate surface area is 163 Å². The Bertz CT molecular complexity index is 999. The topological polar surface area (TPSA) is 47.0 Å². The van der Waals surface area contributed by atoms with E-state index in [1.807, 2.05) is 73.8 Å². The van der Waals surface area contributed by atoms with Gasteiger partial charge in [0, 0.05) is 16.2 Å². The van der Waals surface area contributed by atoms with E-state index in [1.165, 1.54) is 0 Å². The number of pyridine rings is 1. The Morgan fingerprint density at radius 3 is 2.46 bits per heavy atom. The second-order valence-corrected chi connectivity index (χ2v) is 7.92. The molecular formula is C21H18BrNO2S. The van der Waals surface area contributed by atoms with Gasteiger partial charge >= 0.3 is 0 Å². The zero-order chi connectivity index (χ0) is 18.5. The van der Waals surface area contributed by atoms with E-state index in [-0.39, 0.29) is 5.75 Å². The third kappa shape index (κ3) is 4.90. The summed E-state index contributed by atoms with van der Waals surface area (Å²) in [5.74, 6) is 0.0586. The van der Waals surface area contributed by atoms with Gasteiger partial charge in [0.05, 0.1) is 11.4 Å². The summed E-state index contributed by atoms with van der Waals surface area (Å²) < 4.78 is 22.9. The highest BCUT2D eigenvalue weighted by Crippen LogP contribution is 2.26. The van der Waals surface area contributed by atoms with Crippen molar-refractivity contribution in [2.75, 3.05) is 0 Å². The van der Waals surface area contributed by atoms with Crippen molar-refractivity contribution in [3.8, 4) is 0 Å². The number of nitrogens with zero attached hydrogens (tertiary/aromatic N) is 1. The van der Waals surface area contributed by atoms with Gasteiger partial charge in [-0.3, -0.25) is 4.98 Å². The zero-order valence-electron chi connectivity index (χ0n) is 14.2. The van der Waals surface area contributed by atoms with Gasteiger partial charge in [-0.1, -0.05) is 58.4 Å². The monoisotopic (exact) mass is 427 g/mol. The van der Waals surface area contributed by atoms with Crippen molar-refractivity contribution in [1.82, 2.24) is 4.98 Å². The number of hydrogen-bond donors (Lipinski definition) is 1. The van der Waals surface area contributed by atoms with E-state index in [1.54, 1.807) is 0 Å². The van der Waals surface area contributed by atoms with Crippen LogP contribution in [0.5, 0.6) is 0 Å². The lowest BCUT2D eigenvalue weighted by Crippen LogP contribution is -1.94. The summed E-state index contributed by atoms with van der Waals surface area (Å²) in [5.41, 5.74) is 5.79. The van der Waals surface area contributed by atoms with Gasteiger partial charge in [0.25, 0.3) is 0 Å². The Kier molecular flexibility index (Phi) is 6.01. The fourth-order valence-electron chi connectivity index (χ4n) is 2.63. The number of aryl methyl sites for hydroxylation is 1. The molecule has 0 unspecified atom stereocenters. The second-order valence-electron chi connectivity index (χ2n) is 6.02. The van der Waals surface area contributed by atoms with Gasteiger partial charge in [-0.05, 0) is 53.5 Å². The van der Waals surface area contributed by atoms with E-state index in [0.29, 0.717) is 0 Å². The normalized spacial score (nSPS) is 11.7. The minimum atomic E-state index is -2.42. The maximum Gasteiger partial charge on any atom is 0.144 e. The first-order valence-corrected chi connectivity index (χ1v) is 10.3. The van der Waals surface area contributed by atoms with Crippen molar-refractivity contribution in [3.05, 3.63) is 99.3 Å². The largest absolute Gasteiger partial charge is 0.256 e. The number of halogens is 1. The van der Waals surface area contributed by atoms with Crippen molar-refractivity contribution < 1.29 is 8.42 Å². The second kappa shape index (κ2) is 8.43. The Morgan fingerprint density at radius 1 is 1.08 bits per heavy atom. The van der Waals surface area contributed by atoms with Crippen LogP contribution in [0.4, 0.5) is 0 Å². The fraction of sp³-hybridized carbons (Fsp3) is 0.0952. The van der Waals surface area contributed by atoms with Gasteiger partial charge in [0.2, 0.25) is 0 Å². The Balaban J connectivity index is 2.07. The van der Waals surface area contributed by atoms with Crippen LogP contribution in [0, 0.1) is 6.92 Å². The first kappa shape index (κ1) is 18.5.